The second-order valence-electron chi connectivity index (χ2n) is 4.76. The highest BCUT2D eigenvalue weighted by molar-refractivity contribution is 7.86. The van der Waals surface area contributed by atoms with E-state index in [4.69, 9.17) is 0 Å². The third kappa shape index (κ3) is 3.14. The molecule has 1 N–H and O–H groups in total. The van der Waals surface area contributed by atoms with Gasteiger partial charge in [-0.1, -0.05) is 30.4 Å². The molecule has 0 radical (unpaired) electrons. The van der Waals surface area contributed by atoms with Crippen LogP contribution in [0.15, 0.2) is 40.4 Å². The second kappa shape index (κ2) is 6.06. The van der Waals surface area contributed by atoms with Crippen molar-refractivity contribution in [2.75, 3.05) is 0 Å². The first kappa shape index (κ1) is 15.0. The smallest absolute Gasteiger partial charge is 0.336 e. The van der Waals surface area contributed by atoms with Crippen molar-refractivity contribution < 1.29 is 12.7 Å². The summed E-state index contributed by atoms with van der Waals surface area (Å²) < 4.78 is 28.6. The molecule has 116 valence electrons. The summed E-state index contributed by atoms with van der Waals surface area (Å²) in [5.74, 6) is 0.176. The third-order valence-electron chi connectivity index (χ3n) is 3.20. The number of nitrogens with one attached hydrogen (secondary N) is 1. The van der Waals surface area contributed by atoms with E-state index in [1.807, 2.05) is 12.2 Å². The number of hydrogen-bond donors (Lipinski definition) is 1. The van der Waals surface area contributed by atoms with E-state index in [-0.39, 0.29) is 16.4 Å². The molecule has 8 heteroatoms. The molecule has 1 heterocycles. The summed E-state index contributed by atoms with van der Waals surface area (Å²) in [6.07, 6.45) is 5.65. The van der Waals surface area contributed by atoms with Crippen LogP contribution in [0.5, 0.6) is 0 Å². The van der Waals surface area contributed by atoms with Gasteiger partial charge in [-0.05, 0) is 30.1 Å². The molecular formula is C15H12N4O3S. The van der Waals surface area contributed by atoms with Crippen LogP contribution in [0.4, 0.5) is 0 Å². The van der Waals surface area contributed by atoms with Crippen molar-refractivity contribution >= 4 is 28.0 Å². The Bertz CT molecular complexity index is 981. The largest absolute Gasteiger partial charge is 0.358 e. The van der Waals surface area contributed by atoms with Gasteiger partial charge in [0.1, 0.15) is 11.0 Å². The van der Waals surface area contributed by atoms with Gasteiger partial charge >= 0.3 is 10.1 Å². The summed E-state index contributed by atoms with van der Waals surface area (Å²) in [6.45, 7) is 0. The van der Waals surface area contributed by atoms with Gasteiger partial charge in [-0.15, -0.1) is 0 Å². The van der Waals surface area contributed by atoms with Crippen molar-refractivity contribution in [2.45, 2.75) is 17.7 Å². The molecule has 7 nitrogen and oxygen atoms in total. The average molecular weight is 328 g/mol. The molecule has 0 aliphatic heterocycles. The quantitative estimate of drug-likeness (QED) is 0.645. The number of fused-ring (bicyclic) bond motifs is 1. The van der Waals surface area contributed by atoms with Crippen LogP contribution in [0.1, 0.15) is 18.7 Å². The van der Waals surface area contributed by atoms with E-state index in [1.54, 1.807) is 24.3 Å². The Labute approximate surface area is 132 Å². The maximum absolute atomic E-state index is 12.0. The number of aromatic amines is 1. The lowest BCUT2D eigenvalue weighted by Crippen LogP contribution is -2.26. The van der Waals surface area contributed by atoms with E-state index in [0.29, 0.717) is 0 Å². The first-order valence-electron chi connectivity index (χ1n) is 6.84. The molecule has 23 heavy (non-hydrogen) atoms. The van der Waals surface area contributed by atoms with Crippen molar-refractivity contribution in [3.63, 3.8) is 0 Å². The minimum atomic E-state index is -4.07. The fourth-order valence-electron chi connectivity index (χ4n) is 2.10. The molecule has 1 aliphatic rings. The number of aromatic nitrogens is 2. The van der Waals surface area contributed by atoms with Crippen molar-refractivity contribution in [3.8, 4) is 6.07 Å². The molecule has 0 amide bonds. The van der Waals surface area contributed by atoms with Crippen LogP contribution in [-0.2, 0) is 14.4 Å². The third-order valence-corrected chi connectivity index (χ3v) is 4.32. The number of hydrogen-bond acceptors (Lipinski definition) is 6. The number of H-pyrrole nitrogens is 1. The van der Waals surface area contributed by atoms with Gasteiger partial charge in [-0.2, -0.15) is 13.7 Å². The Balaban J connectivity index is 1.92. The van der Waals surface area contributed by atoms with Gasteiger partial charge in [0.2, 0.25) is 5.71 Å². The molecule has 0 bridgehead atoms. The molecule has 0 atom stereocenters. The van der Waals surface area contributed by atoms with Crippen LogP contribution < -0.4 is 10.7 Å². The van der Waals surface area contributed by atoms with Gasteiger partial charge in [-0.3, -0.25) is 4.28 Å². The molecule has 2 aromatic rings. The molecule has 1 aliphatic carbocycles. The number of nitrogens with zero attached hydrogens (tertiary/aromatic N) is 3. The summed E-state index contributed by atoms with van der Waals surface area (Å²) in [5.41, 5.74) is -0.235. The Morgan fingerprint density at radius 2 is 2.00 bits per heavy atom. The highest BCUT2D eigenvalue weighted by Gasteiger charge is 2.17. The van der Waals surface area contributed by atoms with Gasteiger partial charge in [0.25, 0.3) is 0 Å². The molecule has 0 saturated carbocycles. The molecular weight excluding hydrogens is 316 g/mol. The maximum atomic E-state index is 12.0. The number of rotatable bonds is 4. The Hall–Kier alpha value is -2.92. The van der Waals surface area contributed by atoms with E-state index < -0.39 is 10.1 Å². The van der Waals surface area contributed by atoms with Gasteiger partial charge in [0.05, 0.1) is 10.7 Å². The predicted molar refractivity (Wildman–Crippen MR) is 82.9 cm³/mol. The van der Waals surface area contributed by atoms with Crippen molar-refractivity contribution in [1.82, 2.24) is 9.97 Å². The monoisotopic (exact) mass is 328 g/mol. The molecule has 1 aromatic carbocycles. The first-order valence-corrected chi connectivity index (χ1v) is 8.24. The molecule has 0 fully saturated rings. The SMILES string of the molecule is N#C/C(=N\OS(=O)(=O)c1ccccc1)c1nc2c([nH]1)=CCCC=2. The van der Waals surface area contributed by atoms with Crippen molar-refractivity contribution in [1.29, 1.82) is 5.26 Å². The fraction of sp³-hybridized carbons (Fsp3) is 0.133. The summed E-state index contributed by atoms with van der Waals surface area (Å²) in [5, 5.41) is 14.1. The number of imidazole rings is 1. The lowest BCUT2D eigenvalue weighted by molar-refractivity contribution is 0.339. The molecule has 0 unspecified atom stereocenters. The normalized spacial score (nSPS) is 14.1. The summed E-state index contributed by atoms with van der Waals surface area (Å²) >= 11 is 0. The van der Waals surface area contributed by atoms with Crippen LogP contribution in [0.3, 0.4) is 0 Å². The number of oxime groups is 1. The molecule has 0 spiro atoms. The minimum Gasteiger partial charge on any atom is -0.336 e. The Morgan fingerprint density at radius 3 is 2.70 bits per heavy atom. The molecule has 1 aromatic heterocycles. The standard InChI is InChI=1S/C15H12N4O3S/c16-10-14(15-17-12-8-4-5-9-13(12)18-15)19-22-23(20,21)11-6-2-1-3-7-11/h1-3,6-9H,4-5H2,(H,17,18)/b19-14+. The van der Waals surface area contributed by atoms with Gasteiger partial charge < -0.3 is 4.98 Å². The van der Waals surface area contributed by atoms with Gasteiger partial charge in [0.15, 0.2) is 5.82 Å². The van der Waals surface area contributed by atoms with E-state index in [1.165, 1.54) is 12.1 Å². The van der Waals surface area contributed by atoms with Crippen LogP contribution in [0.2, 0.25) is 0 Å². The van der Waals surface area contributed by atoms with E-state index >= 15 is 0 Å². The van der Waals surface area contributed by atoms with Crippen LogP contribution in [0, 0.1) is 11.3 Å². The summed E-state index contributed by atoms with van der Waals surface area (Å²) in [6, 6.07) is 9.37. The fourth-order valence-corrected chi connectivity index (χ4v) is 2.85. The average Bonchev–Trinajstić information content (AvgIpc) is 3.00. The van der Waals surface area contributed by atoms with Crippen LogP contribution in [-0.4, -0.2) is 24.1 Å². The van der Waals surface area contributed by atoms with Gasteiger partial charge in [-0.25, -0.2) is 4.98 Å². The van der Waals surface area contributed by atoms with Crippen molar-refractivity contribution in [2.24, 2.45) is 5.16 Å². The number of nitriles is 1. The number of benzene rings is 1. The lowest BCUT2D eigenvalue weighted by Gasteiger charge is -2.00. The Kier molecular flexibility index (Phi) is 3.95. The zero-order valence-corrected chi connectivity index (χ0v) is 12.7. The summed E-state index contributed by atoms with van der Waals surface area (Å²) in [7, 11) is -4.07. The molecule has 0 saturated heterocycles. The summed E-state index contributed by atoms with van der Waals surface area (Å²) in [4.78, 5) is 7.12. The predicted octanol–water partition coefficient (Wildman–Crippen LogP) is 0.398. The Morgan fingerprint density at radius 1 is 1.26 bits per heavy atom. The zero-order valence-electron chi connectivity index (χ0n) is 11.9. The first-order chi connectivity index (χ1) is 11.1. The highest BCUT2D eigenvalue weighted by Crippen LogP contribution is 2.11. The van der Waals surface area contributed by atoms with Crippen LogP contribution in [0.25, 0.3) is 12.2 Å². The van der Waals surface area contributed by atoms with E-state index in [0.717, 1.165) is 23.5 Å². The minimum absolute atomic E-state index is 0.0403. The van der Waals surface area contributed by atoms with Crippen LogP contribution >= 0.6 is 0 Å². The topological polar surface area (TPSA) is 108 Å². The second-order valence-corrected chi connectivity index (χ2v) is 6.29. The highest BCUT2D eigenvalue weighted by atomic mass is 32.2. The van der Waals surface area contributed by atoms with Crippen molar-refractivity contribution in [3.05, 3.63) is 46.9 Å². The zero-order chi connectivity index (χ0) is 16.3. The van der Waals surface area contributed by atoms with E-state index in [9.17, 15) is 13.7 Å². The lowest BCUT2D eigenvalue weighted by atomic mass is 10.2. The maximum Gasteiger partial charge on any atom is 0.358 e. The molecule has 3 rings (SSSR count). The van der Waals surface area contributed by atoms with E-state index in [2.05, 4.69) is 19.4 Å². The van der Waals surface area contributed by atoms with Gasteiger partial charge in [0, 0.05) is 0 Å².